The highest BCUT2D eigenvalue weighted by Crippen LogP contribution is 2.31. The Morgan fingerprint density at radius 2 is 1.67 bits per heavy atom. The Labute approximate surface area is 192 Å². The second-order valence-electron chi connectivity index (χ2n) is 8.24. The number of urea groups is 1. The van der Waals surface area contributed by atoms with Gasteiger partial charge >= 0.3 is 6.03 Å². The molecule has 2 atom stereocenters. The second kappa shape index (κ2) is 9.20. The zero-order valence-electron chi connectivity index (χ0n) is 18.2. The van der Waals surface area contributed by atoms with E-state index in [9.17, 15) is 9.59 Å². The molecule has 4 aromatic rings. The van der Waals surface area contributed by atoms with Crippen LogP contribution in [0.4, 0.5) is 4.79 Å². The molecule has 0 bridgehead atoms. The van der Waals surface area contributed by atoms with Gasteiger partial charge in [0, 0.05) is 42.7 Å². The largest absolute Gasteiger partial charge is 0.361 e. The highest BCUT2D eigenvalue weighted by Gasteiger charge is 2.34. The first-order valence-corrected chi connectivity index (χ1v) is 11.2. The molecule has 6 nitrogen and oxygen atoms in total. The van der Waals surface area contributed by atoms with Crippen molar-refractivity contribution in [2.75, 3.05) is 19.6 Å². The Balaban J connectivity index is 1.41. The molecule has 2 heterocycles. The number of aromatic amines is 1. The van der Waals surface area contributed by atoms with Gasteiger partial charge in [0.1, 0.15) is 6.04 Å². The van der Waals surface area contributed by atoms with E-state index in [-0.39, 0.29) is 17.9 Å². The number of aromatic nitrogens is 1. The Morgan fingerprint density at radius 3 is 2.45 bits per heavy atom. The fraction of sp³-hybridized carbons (Fsp3) is 0.185. The van der Waals surface area contributed by atoms with Crippen molar-refractivity contribution in [2.24, 2.45) is 0 Å². The molecule has 1 aliphatic rings. The molecular formula is C27H26N4O2. The molecule has 166 valence electrons. The summed E-state index contributed by atoms with van der Waals surface area (Å²) in [6.45, 7) is 1.32. The van der Waals surface area contributed by atoms with E-state index in [2.05, 4.69) is 39.9 Å². The van der Waals surface area contributed by atoms with Crippen molar-refractivity contribution in [3.8, 4) is 0 Å². The molecule has 0 radical (unpaired) electrons. The van der Waals surface area contributed by atoms with Crippen LogP contribution >= 0.6 is 0 Å². The number of benzene rings is 3. The van der Waals surface area contributed by atoms with Gasteiger partial charge in [-0.15, -0.1) is 0 Å². The lowest BCUT2D eigenvalue weighted by Gasteiger charge is -2.35. The molecular weight excluding hydrogens is 412 g/mol. The Kier molecular flexibility index (Phi) is 5.81. The minimum Gasteiger partial charge on any atom is -0.361 e. The van der Waals surface area contributed by atoms with Gasteiger partial charge in [0.15, 0.2) is 0 Å². The third-order valence-electron chi connectivity index (χ3n) is 6.24. The monoisotopic (exact) mass is 438 g/mol. The number of amides is 3. The van der Waals surface area contributed by atoms with E-state index in [1.165, 1.54) is 0 Å². The smallest absolute Gasteiger partial charge is 0.318 e. The lowest BCUT2D eigenvalue weighted by atomic mass is 9.91. The second-order valence-corrected chi connectivity index (χ2v) is 8.24. The molecule has 3 amide bonds. The van der Waals surface area contributed by atoms with Crippen molar-refractivity contribution in [3.63, 3.8) is 0 Å². The number of nitrogens with zero attached hydrogens (tertiary/aromatic N) is 1. The first kappa shape index (κ1) is 20.8. The van der Waals surface area contributed by atoms with Gasteiger partial charge in [0.25, 0.3) is 0 Å². The zero-order chi connectivity index (χ0) is 22.6. The average molecular weight is 439 g/mol. The van der Waals surface area contributed by atoms with Crippen LogP contribution in [-0.2, 0) is 4.79 Å². The maximum absolute atomic E-state index is 13.3. The van der Waals surface area contributed by atoms with E-state index in [0.29, 0.717) is 19.6 Å². The predicted molar refractivity (Wildman–Crippen MR) is 129 cm³/mol. The fourth-order valence-electron chi connectivity index (χ4n) is 4.62. The first-order valence-electron chi connectivity index (χ1n) is 11.2. The van der Waals surface area contributed by atoms with Crippen LogP contribution in [0.25, 0.3) is 10.9 Å². The van der Waals surface area contributed by atoms with Crippen LogP contribution in [0.1, 0.15) is 28.7 Å². The van der Waals surface area contributed by atoms with Crippen molar-refractivity contribution < 1.29 is 9.59 Å². The number of fused-ring (bicyclic) bond motifs is 1. The summed E-state index contributed by atoms with van der Waals surface area (Å²) >= 11 is 0. The quantitative estimate of drug-likeness (QED) is 0.437. The van der Waals surface area contributed by atoms with Crippen LogP contribution in [0.15, 0.2) is 91.1 Å². The number of H-pyrrole nitrogens is 1. The molecule has 1 saturated heterocycles. The predicted octanol–water partition coefficient (Wildman–Crippen LogP) is 4.18. The summed E-state index contributed by atoms with van der Waals surface area (Å²) in [6.07, 6.45) is 2.02. The van der Waals surface area contributed by atoms with E-state index >= 15 is 0 Å². The number of carbonyl (C=O) groups excluding carboxylic acids is 2. The number of piperazine rings is 1. The molecule has 0 saturated carbocycles. The summed E-state index contributed by atoms with van der Waals surface area (Å²) < 4.78 is 0. The lowest BCUT2D eigenvalue weighted by Crippen LogP contribution is -2.55. The van der Waals surface area contributed by atoms with Gasteiger partial charge in [-0.05, 0) is 22.8 Å². The molecule has 1 fully saturated rings. The number of nitrogens with one attached hydrogen (secondary N) is 3. The summed E-state index contributed by atoms with van der Waals surface area (Å²) in [5, 5.41) is 7.14. The molecule has 5 rings (SSSR count). The van der Waals surface area contributed by atoms with Crippen molar-refractivity contribution in [1.29, 1.82) is 0 Å². The topological polar surface area (TPSA) is 77.2 Å². The zero-order valence-corrected chi connectivity index (χ0v) is 18.2. The van der Waals surface area contributed by atoms with E-state index < -0.39 is 6.04 Å². The molecule has 1 aromatic heterocycles. The van der Waals surface area contributed by atoms with E-state index in [4.69, 9.17) is 0 Å². The number of para-hydroxylation sites is 1. The summed E-state index contributed by atoms with van der Waals surface area (Å²) in [4.78, 5) is 31.0. The maximum Gasteiger partial charge on any atom is 0.318 e. The van der Waals surface area contributed by atoms with Crippen LogP contribution in [-0.4, -0.2) is 41.5 Å². The molecule has 3 N–H and O–H groups in total. The minimum absolute atomic E-state index is 0.0277. The minimum atomic E-state index is -0.636. The van der Waals surface area contributed by atoms with Gasteiger partial charge < -0.3 is 20.5 Å². The fourth-order valence-corrected chi connectivity index (χ4v) is 4.62. The third kappa shape index (κ3) is 4.20. The molecule has 0 spiro atoms. The van der Waals surface area contributed by atoms with Crippen LogP contribution < -0.4 is 10.6 Å². The summed E-state index contributed by atoms with van der Waals surface area (Å²) in [7, 11) is 0. The lowest BCUT2D eigenvalue weighted by molar-refractivity contribution is -0.127. The molecule has 1 aliphatic heterocycles. The summed E-state index contributed by atoms with van der Waals surface area (Å²) in [6, 6.07) is 26.9. The van der Waals surface area contributed by atoms with Crippen LogP contribution in [0.3, 0.4) is 0 Å². The van der Waals surface area contributed by atoms with Gasteiger partial charge in [-0.25, -0.2) is 4.79 Å². The van der Waals surface area contributed by atoms with Gasteiger partial charge in [-0.1, -0.05) is 78.9 Å². The highest BCUT2D eigenvalue weighted by molar-refractivity contribution is 5.89. The summed E-state index contributed by atoms with van der Waals surface area (Å²) in [5.41, 5.74) is 4.13. The van der Waals surface area contributed by atoms with E-state index in [0.717, 1.165) is 27.6 Å². The maximum atomic E-state index is 13.3. The number of rotatable bonds is 5. The number of hydrogen-bond acceptors (Lipinski definition) is 2. The third-order valence-corrected chi connectivity index (χ3v) is 6.24. The van der Waals surface area contributed by atoms with E-state index in [1.54, 1.807) is 4.90 Å². The van der Waals surface area contributed by atoms with Crippen molar-refractivity contribution in [1.82, 2.24) is 20.5 Å². The number of carbonyl (C=O) groups is 2. The van der Waals surface area contributed by atoms with Gasteiger partial charge in [-0.2, -0.15) is 0 Å². The normalized spacial score (nSPS) is 16.9. The van der Waals surface area contributed by atoms with Gasteiger partial charge in [-0.3, -0.25) is 4.79 Å². The molecule has 6 heteroatoms. The van der Waals surface area contributed by atoms with Crippen LogP contribution in [0.2, 0.25) is 0 Å². The molecule has 3 aromatic carbocycles. The Morgan fingerprint density at radius 1 is 0.970 bits per heavy atom. The van der Waals surface area contributed by atoms with Crippen molar-refractivity contribution in [3.05, 3.63) is 108 Å². The van der Waals surface area contributed by atoms with Gasteiger partial charge in [0.2, 0.25) is 5.91 Å². The first-order chi connectivity index (χ1) is 16.2. The van der Waals surface area contributed by atoms with Crippen LogP contribution in [0.5, 0.6) is 0 Å². The van der Waals surface area contributed by atoms with Crippen molar-refractivity contribution >= 4 is 22.8 Å². The summed E-state index contributed by atoms with van der Waals surface area (Å²) in [5.74, 6) is -0.182. The number of hydrogen-bond donors (Lipinski definition) is 3. The standard InChI is InChI=1S/C27H26N4O2/c32-26-25(20-11-5-2-6-12-20)31(16-15-28-26)27(33)30-17-22(19-9-3-1-4-10-19)23-18-29-24-14-8-7-13-21(23)24/h1-14,18,22,25,29H,15-17H2,(H,28,32)(H,30,33). The Hall–Kier alpha value is -4.06. The molecule has 2 unspecified atom stereocenters. The van der Waals surface area contributed by atoms with E-state index in [1.807, 2.05) is 66.9 Å². The van der Waals surface area contributed by atoms with Gasteiger partial charge in [0.05, 0.1) is 0 Å². The van der Waals surface area contributed by atoms with Crippen molar-refractivity contribution in [2.45, 2.75) is 12.0 Å². The SMILES string of the molecule is O=C1NCCN(C(=O)NCC(c2ccccc2)c2c[nH]c3ccccc23)C1c1ccccc1. The molecule has 0 aliphatic carbocycles. The Bertz CT molecular complexity index is 1250. The van der Waals surface area contributed by atoms with Crippen LogP contribution in [0, 0.1) is 0 Å². The average Bonchev–Trinajstić information content (AvgIpc) is 3.29. The highest BCUT2D eigenvalue weighted by atomic mass is 16.2. The molecule has 33 heavy (non-hydrogen) atoms.